The molecule has 1 aromatic rings. The Kier molecular flexibility index (Phi) is 3.29. The van der Waals surface area contributed by atoms with E-state index in [0.29, 0.717) is 0 Å². The standard InChI is InChI=1S/C12H13IO2/c1-8-3-2-4-9(5-8)11-6-10(7-13)15-12(11)14/h2-5,10-11H,6-7H2,1H3/t10-,11+/m1/s1. The van der Waals surface area contributed by atoms with Crippen LogP contribution in [0.3, 0.4) is 0 Å². The predicted molar refractivity (Wildman–Crippen MR) is 67.3 cm³/mol. The van der Waals surface area contributed by atoms with Crippen LogP contribution in [0.4, 0.5) is 0 Å². The van der Waals surface area contributed by atoms with Crippen molar-refractivity contribution in [3.63, 3.8) is 0 Å². The molecule has 0 unspecified atom stereocenters. The van der Waals surface area contributed by atoms with Crippen molar-refractivity contribution in [2.24, 2.45) is 0 Å². The van der Waals surface area contributed by atoms with Gasteiger partial charge >= 0.3 is 5.97 Å². The zero-order valence-electron chi connectivity index (χ0n) is 8.57. The Morgan fingerprint density at radius 1 is 1.53 bits per heavy atom. The number of carbonyl (C=O) groups excluding carboxylic acids is 1. The molecule has 0 bridgehead atoms. The number of carbonyl (C=O) groups is 1. The van der Waals surface area contributed by atoms with Crippen LogP contribution in [-0.2, 0) is 9.53 Å². The molecule has 0 aliphatic carbocycles. The van der Waals surface area contributed by atoms with E-state index in [4.69, 9.17) is 4.74 Å². The van der Waals surface area contributed by atoms with Crippen LogP contribution in [0, 0.1) is 6.92 Å². The predicted octanol–water partition coefficient (Wildman–Crippen LogP) is 2.83. The second-order valence-corrected chi connectivity index (χ2v) is 4.80. The third kappa shape index (κ3) is 2.33. The summed E-state index contributed by atoms with van der Waals surface area (Å²) in [5.41, 5.74) is 2.28. The molecule has 0 aromatic heterocycles. The fraction of sp³-hybridized carbons (Fsp3) is 0.417. The van der Waals surface area contributed by atoms with Crippen LogP contribution < -0.4 is 0 Å². The van der Waals surface area contributed by atoms with E-state index in [9.17, 15) is 4.79 Å². The van der Waals surface area contributed by atoms with Crippen molar-refractivity contribution >= 4 is 28.6 Å². The van der Waals surface area contributed by atoms with Crippen LogP contribution in [0.5, 0.6) is 0 Å². The lowest BCUT2D eigenvalue weighted by Gasteiger charge is -2.06. The van der Waals surface area contributed by atoms with E-state index in [1.54, 1.807) is 0 Å². The number of alkyl halides is 1. The Hall–Kier alpha value is -0.580. The van der Waals surface area contributed by atoms with Crippen LogP contribution in [0.15, 0.2) is 24.3 Å². The minimum absolute atomic E-state index is 0.0512. The SMILES string of the molecule is Cc1cccc([C@@H]2C[C@H](CI)OC2=O)c1. The molecule has 1 heterocycles. The number of aryl methyl sites for hydroxylation is 1. The molecule has 3 heteroatoms. The van der Waals surface area contributed by atoms with Crippen LogP contribution >= 0.6 is 22.6 Å². The van der Waals surface area contributed by atoms with Crippen molar-refractivity contribution in [1.82, 2.24) is 0 Å². The van der Waals surface area contributed by atoms with Crippen molar-refractivity contribution in [3.8, 4) is 0 Å². The highest BCUT2D eigenvalue weighted by Crippen LogP contribution is 2.31. The molecule has 2 rings (SSSR count). The van der Waals surface area contributed by atoms with Crippen molar-refractivity contribution in [2.45, 2.75) is 25.4 Å². The maximum absolute atomic E-state index is 11.6. The molecule has 0 spiro atoms. The molecule has 2 nitrogen and oxygen atoms in total. The summed E-state index contributed by atoms with van der Waals surface area (Å²) in [7, 11) is 0. The Bertz CT molecular complexity index is 376. The van der Waals surface area contributed by atoms with Gasteiger partial charge < -0.3 is 4.74 Å². The van der Waals surface area contributed by atoms with Crippen LogP contribution in [0.1, 0.15) is 23.5 Å². The number of hydrogen-bond donors (Lipinski definition) is 0. The first-order valence-electron chi connectivity index (χ1n) is 5.03. The van der Waals surface area contributed by atoms with Gasteiger partial charge in [-0.3, -0.25) is 4.79 Å². The minimum Gasteiger partial charge on any atom is -0.461 e. The maximum atomic E-state index is 11.6. The second kappa shape index (κ2) is 4.51. The Balaban J connectivity index is 2.21. The van der Waals surface area contributed by atoms with Crippen LogP contribution in [0.2, 0.25) is 0 Å². The molecule has 1 aliphatic rings. The highest BCUT2D eigenvalue weighted by Gasteiger charge is 2.34. The molecule has 15 heavy (non-hydrogen) atoms. The van der Waals surface area contributed by atoms with Crippen molar-refractivity contribution in [1.29, 1.82) is 0 Å². The maximum Gasteiger partial charge on any atom is 0.313 e. The van der Waals surface area contributed by atoms with E-state index >= 15 is 0 Å². The summed E-state index contributed by atoms with van der Waals surface area (Å²) in [6.07, 6.45) is 0.925. The van der Waals surface area contributed by atoms with E-state index in [-0.39, 0.29) is 18.0 Å². The quantitative estimate of drug-likeness (QED) is 0.476. The number of benzene rings is 1. The summed E-state index contributed by atoms with van der Waals surface area (Å²) < 4.78 is 6.15. The summed E-state index contributed by atoms with van der Waals surface area (Å²) in [6.45, 7) is 2.04. The Morgan fingerprint density at radius 3 is 2.93 bits per heavy atom. The van der Waals surface area contributed by atoms with Crippen LogP contribution in [0.25, 0.3) is 0 Å². The average Bonchev–Trinajstić information content (AvgIpc) is 2.60. The molecule has 1 aliphatic heterocycles. The van der Waals surface area contributed by atoms with Gasteiger partial charge in [0.2, 0.25) is 0 Å². The summed E-state index contributed by atoms with van der Waals surface area (Å²) in [5.74, 6) is -0.119. The lowest BCUT2D eigenvalue weighted by molar-refractivity contribution is -0.141. The van der Waals surface area contributed by atoms with Gasteiger partial charge in [0.25, 0.3) is 0 Å². The van der Waals surface area contributed by atoms with Gasteiger partial charge in [-0.1, -0.05) is 52.4 Å². The number of halogens is 1. The molecule has 0 amide bonds. The Labute approximate surface area is 103 Å². The second-order valence-electron chi connectivity index (χ2n) is 3.92. The molecule has 0 radical (unpaired) electrons. The van der Waals surface area contributed by atoms with E-state index in [0.717, 1.165) is 16.4 Å². The fourth-order valence-electron chi connectivity index (χ4n) is 1.91. The van der Waals surface area contributed by atoms with Crippen molar-refractivity contribution in [3.05, 3.63) is 35.4 Å². The first-order chi connectivity index (χ1) is 7.20. The molecule has 1 aromatic carbocycles. The molecular formula is C12H13IO2. The zero-order valence-corrected chi connectivity index (χ0v) is 10.7. The van der Waals surface area contributed by atoms with Gasteiger partial charge in [-0.15, -0.1) is 0 Å². The van der Waals surface area contributed by atoms with E-state index in [1.807, 2.05) is 25.1 Å². The van der Waals surface area contributed by atoms with Gasteiger partial charge in [0.15, 0.2) is 0 Å². The van der Waals surface area contributed by atoms with E-state index in [1.165, 1.54) is 5.56 Å². The number of hydrogen-bond acceptors (Lipinski definition) is 2. The summed E-state index contributed by atoms with van der Waals surface area (Å²) >= 11 is 2.26. The average molecular weight is 316 g/mol. The van der Waals surface area contributed by atoms with Gasteiger partial charge in [-0.25, -0.2) is 0 Å². The van der Waals surface area contributed by atoms with Gasteiger partial charge in [0.1, 0.15) is 6.10 Å². The minimum atomic E-state index is -0.0673. The fourth-order valence-corrected chi connectivity index (χ4v) is 2.45. The highest BCUT2D eigenvalue weighted by atomic mass is 127. The molecule has 0 N–H and O–H groups in total. The lowest BCUT2D eigenvalue weighted by atomic mass is 9.95. The zero-order chi connectivity index (χ0) is 10.8. The first-order valence-corrected chi connectivity index (χ1v) is 6.56. The summed E-state index contributed by atoms with van der Waals surface area (Å²) in [6, 6.07) is 8.12. The molecule has 80 valence electrons. The smallest absolute Gasteiger partial charge is 0.313 e. The van der Waals surface area contributed by atoms with Crippen molar-refractivity contribution < 1.29 is 9.53 Å². The largest absolute Gasteiger partial charge is 0.461 e. The molecular weight excluding hydrogens is 303 g/mol. The molecule has 0 saturated carbocycles. The van der Waals surface area contributed by atoms with E-state index < -0.39 is 0 Å². The number of cyclic esters (lactones) is 1. The normalized spacial score (nSPS) is 25.3. The molecule has 2 atom stereocenters. The number of ether oxygens (including phenoxy) is 1. The van der Waals surface area contributed by atoms with Gasteiger partial charge in [-0.05, 0) is 12.5 Å². The highest BCUT2D eigenvalue weighted by molar-refractivity contribution is 14.1. The van der Waals surface area contributed by atoms with Crippen molar-refractivity contribution in [2.75, 3.05) is 4.43 Å². The van der Waals surface area contributed by atoms with E-state index in [2.05, 4.69) is 28.7 Å². The third-order valence-corrected chi connectivity index (χ3v) is 3.66. The lowest BCUT2D eigenvalue weighted by Crippen LogP contribution is -2.07. The summed E-state index contributed by atoms with van der Waals surface area (Å²) in [4.78, 5) is 11.6. The molecule has 1 fully saturated rings. The Morgan fingerprint density at radius 2 is 2.33 bits per heavy atom. The number of esters is 1. The molecule has 1 saturated heterocycles. The first kappa shape index (κ1) is 10.9. The van der Waals surface area contributed by atoms with Gasteiger partial charge in [-0.2, -0.15) is 0 Å². The van der Waals surface area contributed by atoms with Gasteiger partial charge in [0, 0.05) is 10.8 Å². The summed E-state index contributed by atoms with van der Waals surface area (Å²) in [5, 5.41) is 0. The topological polar surface area (TPSA) is 26.3 Å². The third-order valence-electron chi connectivity index (χ3n) is 2.68. The van der Waals surface area contributed by atoms with Gasteiger partial charge in [0.05, 0.1) is 5.92 Å². The monoisotopic (exact) mass is 316 g/mol. The number of rotatable bonds is 2. The van der Waals surface area contributed by atoms with Crippen LogP contribution in [-0.4, -0.2) is 16.5 Å².